The lowest BCUT2D eigenvalue weighted by atomic mass is 9.99. The summed E-state index contributed by atoms with van der Waals surface area (Å²) in [6.45, 7) is 3.21. The molecule has 0 aromatic heterocycles. The van der Waals surface area contributed by atoms with Crippen LogP contribution in [0.4, 0.5) is 5.69 Å². The summed E-state index contributed by atoms with van der Waals surface area (Å²) < 4.78 is 0.744. The summed E-state index contributed by atoms with van der Waals surface area (Å²) in [6, 6.07) is 7.57. The van der Waals surface area contributed by atoms with E-state index in [1.807, 2.05) is 19.1 Å². The van der Waals surface area contributed by atoms with Crippen LogP contribution in [0, 0.1) is 23.2 Å². The molecule has 1 fully saturated rings. The Kier molecular flexibility index (Phi) is 3.58. The highest BCUT2D eigenvalue weighted by Crippen LogP contribution is 2.30. The molecule has 1 aromatic rings. The number of carboxylic acids is 1. The van der Waals surface area contributed by atoms with Gasteiger partial charge in [0.25, 0.3) is 0 Å². The number of benzene rings is 1. The van der Waals surface area contributed by atoms with Crippen LogP contribution in [0.5, 0.6) is 0 Å². The number of hydrogen-bond acceptors (Lipinski definition) is 3. The molecule has 1 aliphatic rings. The highest BCUT2D eigenvalue weighted by molar-refractivity contribution is 9.10. The van der Waals surface area contributed by atoms with Crippen molar-refractivity contribution < 1.29 is 9.90 Å². The molecule has 5 heteroatoms. The molecule has 1 aromatic carbocycles. The van der Waals surface area contributed by atoms with Crippen LogP contribution in [-0.4, -0.2) is 24.2 Å². The van der Waals surface area contributed by atoms with Gasteiger partial charge in [0.2, 0.25) is 0 Å². The lowest BCUT2D eigenvalue weighted by Crippen LogP contribution is -2.23. The minimum absolute atomic E-state index is 0.136. The van der Waals surface area contributed by atoms with Crippen LogP contribution in [0.25, 0.3) is 0 Å². The van der Waals surface area contributed by atoms with E-state index in [1.54, 1.807) is 6.07 Å². The zero-order valence-electron chi connectivity index (χ0n) is 9.93. The maximum absolute atomic E-state index is 11.1. The van der Waals surface area contributed by atoms with Crippen molar-refractivity contribution in [1.29, 1.82) is 5.26 Å². The zero-order valence-corrected chi connectivity index (χ0v) is 11.5. The van der Waals surface area contributed by atoms with E-state index in [0.717, 1.165) is 16.7 Å². The summed E-state index contributed by atoms with van der Waals surface area (Å²) in [7, 11) is 0. The maximum atomic E-state index is 11.1. The first-order chi connectivity index (χ1) is 8.52. The number of rotatable bonds is 2. The number of nitriles is 1. The summed E-state index contributed by atoms with van der Waals surface area (Å²) in [5, 5.41) is 18.0. The van der Waals surface area contributed by atoms with Crippen LogP contribution in [0.1, 0.15) is 12.5 Å². The number of nitrogens with zero attached hydrogens (tertiary/aromatic N) is 2. The molecule has 18 heavy (non-hydrogen) atoms. The maximum Gasteiger partial charge on any atom is 0.308 e. The van der Waals surface area contributed by atoms with Crippen molar-refractivity contribution in [2.75, 3.05) is 18.0 Å². The molecule has 1 heterocycles. The molecule has 94 valence electrons. The van der Waals surface area contributed by atoms with Crippen molar-refractivity contribution in [3.63, 3.8) is 0 Å². The average Bonchev–Trinajstić information content (AvgIpc) is 2.71. The Labute approximate surface area is 114 Å². The van der Waals surface area contributed by atoms with Gasteiger partial charge in [0.05, 0.1) is 11.5 Å². The second-order valence-corrected chi connectivity index (χ2v) is 5.46. The van der Waals surface area contributed by atoms with Crippen molar-refractivity contribution in [3.05, 3.63) is 28.2 Å². The normalized spacial score (nSPS) is 22.8. The number of anilines is 1. The lowest BCUT2D eigenvalue weighted by molar-refractivity contribution is -0.142. The molecule has 1 aliphatic heterocycles. The third-order valence-corrected chi connectivity index (χ3v) is 4.02. The summed E-state index contributed by atoms with van der Waals surface area (Å²) >= 11 is 3.35. The van der Waals surface area contributed by atoms with Gasteiger partial charge in [-0.1, -0.05) is 6.92 Å². The summed E-state index contributed by atoms with van der Waals surface area (Å²) in [4.78, 5) is 13.1. The van der Waals surface area contributed by atoms with Crippen LogP contribution >= 0.6 is 15.9 Å². The Balaban J connectivity index is 2.22. The van der Waals surface area contributed by atoms with Crippen molar-refractivity contribution in [1.82, 2.24) is 0 Å². The molecule has 2 rings (SSSR count). The van der Waals surface area contributed by atoms with Crippen molar-refractivity contribution in [2.24, 2.45) is 11.8 Å². The van der Waals surface area contributed by atoms with Gasteiger partial charge in [0.15, 0.2) is 0 Å². The molecular weight excluding hydrogens is 296 g/mol. The van der Waals surface area contributed by atoms with Gasteiger partial charge in [-0.3, -0.25) is 4.79 Å². The molecule has 0 amide bonds. The van der Waals surface area contributed by atoms with Gasteiger partial charge in [-0.15, -0.1) is 0 Å². The van der Waals surface area contributed by atoms with Crippen LogP contribution < -0.4 is 4.90 Å². The van der Waals surface area contributed by atoms with Gasteiger partial charge in [0, 0.05) is 23.2 Å². The molecule has 0 unspecified atom stereocenters. The minimum atomic E-state index is -0.738. The third kappa shape index (κ3) is 2.34. The van der Waals surface area contributed by atoms with E-state index in [2.05, 4.69) is 26.9 Å². The Morgan fingerprint density at radius 3 is 2.78 bits per heavy atom. The summed E-state index contributed by atoms with van der Waals surface area (Å²) in [6.07, 6.45) is 0. The molecule has 0 bridgehead atoms. The summed E-state index contributed by atoms with van der Waals surface area (Å²) in [5.74, 6) is -0.922. The van der Waals surface area contributed by atoms with Gasteiger partial charge in [-0.2, -0.15) is 5.26 Å². The van der Waals surface area contributed by atoms with Crippen LogP contribution in [0.2, 0.25) is 0 Å². The second-order valence-electron chi connectivity index (χ2n) is 4.60. The summed E-state index contributed by atoms with van der Waals surface area (Å²) in [5.41, 5.74) is 1.54. The smallest absolute Gasteiger partial charge is 0.308 e. The van der Waals surface area contributed by atoms with E-state index in [4.69, 9.17) is 10.4 Å². The van der Waals surface area contributed by atoms with E-state index in [9.17, 15) is 4.79 Å². The van der Waals surface area contributed by atoms with Crippen LogP contribution in [0.3, 0.4) is 0 Å². The zero-order chi connectivity index (χ0) is 13.3. The monoisotopic (exact) mass is 308 g/mol. The van der Waals surface area contributed by atoms with Gasteiger partial charge < -0.3 is 10.0 Å². The largest absolute Gasteiger partial charge is 0.481 e. The highest BCUT2D eigenvalue weighted by Gasteiger charge is 2.34. The molecular formula is C13H13BrN2O2. The molecule has 0 saturated carbocycles. The van der Waals surface area contributed by atoms with Crippen LogP contribution in [-0.2, 0) is 4.79 Å². The number of carbonyl (C=O) groups is 1. The van der Waals surface area contributed by atoms with Gasteiger partial charge in [-0.25, -0.2) is 0 Å². The SMILES string of the molecule is C[C@@H]1CN(c2ccc(C#N)c(Br)c2)C[C@H]1C(=O)O. The first kappa shape index (κ1) is 12.9. The second kappa shape index (κ2) is 4.99. The average molecular weight is 309 g/mol. The Bertz CT molecular complexity index is 524. The minimum Gasteiger partial charge on any atom is -0.481 e. The van der Waals surface area contributed by atoms with E-state index in [1.165, 1.54) is 0 Å². The molecule has 1 saturated heterocycles. The van der Waals surface area contributed by atoms with Gasteiger partial charge in [-0.05, 0) is 40.0 Å². The van der Waals surface area contributed by atoms with Crippen molar-refractivity contribution >= 4 is 27.6 Å². The van der Waals surface area contributed by atoms with Crippen LogP contribution in [0.15, 0.2) is 22.7 Å². The van der Waals surface area contributed by atoms with E-state index < -0.39 is 5.97 Å². The Morgan fingerprint density at radius 2 is 2.28 bits per heavy atom. The standard InChI is InChI=1S/C13H13BrN2O2/c1-8-6-16(7-11(8)13(17)18)10-3-2-9(5-15)12(14)4-10/h2-4,8,11H,6-7H2,1H3,(H,17,18)/t8-,11-/m1/s1. The topological polar surface area (TPSA) is 64.3 Å². The van der Waals surface area contributed by atoms with Crippen molar-refractivity contribution in [2.45, 2.75) is 6.92 Å². The first-order valence-electron chi connectivity index (χ1n) is 5.70. The molecule has 4 nitrogen and oxygen atoms in total. The van der Waals surface area contributed by atoms with E-state index in [0.29, 0.717) is 12.1 Å². The van der Waals surface area contributed by atoms with Gasteiger partial charge >= 0.3 is 5.97 Å². The number of hydrogen-bond donors (Lipinski definition) is 1. The lowest BCUT2D eigenvalue weighted by Gasteiger charge is -2.18. The molecule has 2 atom stereocenters. The number of carboxylic acid groups (broad SMARTS) is 1. The molecule has 0 aliphatic carbocycles. The molecule has 0 radical (unpaired) electrons. The van der Waals surface area contributed by atoms with Gasteiger partial charge in [0.1, 0.15) is 6.07 Å². The molecule has 1 N–H and O–H groups in total. The predicted octanol–water partition coefficient (Wildman–Crippen LogP) is 2.48. The Hall–Kier alpha value is -1.54. The van der Waals surface area contributed by atoms with E-state index >= 15 is 0 Å². The Morgan fingerprint density at radius 1 is 1.56 bits per heavy atom. The quantitative estimate of drug-likeness (QED) is 0.911. The number of halogens is 1. The first-order valence-corrected chi connectivity index (χ1v) is 6.49. The third-order valence-electron chi connectivity index (χ3n) is 3.37. The van der Waals surface area contributed by atoms with Crippen molar-refractivity contribution in [3.8, 4) is 6.07 Å². The fraction of sp³-hybridized carbons (Fsp3) is 0.385. The fourth-order valence-electron chi connectivity index (χ4n) is 2.29. The van der Waals surface area contributed by atoms with E-state index in [-0.39, 0.29) is 11.8 Å². The fourth-order valence-corrected chi connectivity index (χ4v) is 2.75. The number of aliphatic carboxylic acids is 1. The predicted molar refractivity (Wildman–Crippen MR) is 71.4 cm³/mol. The molecule has 0 spiro atoms. The highest BCUT2D eigenvalue weighted by atomic mass is 79.9.